The molecule has 3 aliphatic rings. The minimum Gasteiger partial charge on any atom is -0.322 e. The minimum absolute atomic E-state index is 0.00903. The van der Waals surface area contributed by atoms with Gasteiger partial charge in [-0.1, -0.05) is 11.6 Å². The van der Waals surface area contributed by atoms with Crippen LogP contribution in [0.4, 0.5) is 14.5 Å². The maximum absolute atomic E-state index is 13.3. The molecule has 3 fully saturated rings. The average molecular weight is 440 g/mol. The van der Waals surface area contributed by atoms with Crippen molar-refractivity contribution in [3.05, 3.63) is 58.6 Å². The van der Waals surface area contributed by atoms with Gasteiger partial charge < -0.3 is 5.32 Å². The molecule has 29 heavy (non-hydrogen) atoms. The van der Waals surface area contributed by atoms with Gasteiger partial charge in [0, 0.05) is 29.2 Å². The highest BCUT2D eigenvalue weighted by molar-refractivity contribution is 7.92. The van der Waals surface area contributed by atoms with Crippen molar-refractivity contribution in [2.75, 3.05) is 5.32 Å². The van der Waals surface area contributed by atoms with Crippen molar-refractivity contribution in [3.8, 4) is 0 Å². The Hall–Kier alpha value is -2.32. The van der Waals surface area contributed by atoms with Crippen molar-refractivity contribution in [3.63, 3.8) is 0 Å². The van der Waals surface area contributed by atoms with E-state index in [0.29, 0.717) is 0 Å². The molecule has 0 spiro atoms. The van der Waals surface area contributed by atoms with Crippen molar-refractivity contribution in [2.24, 2.45) is 11.8 Å². The Labute approximate surface area is 171 Å². The van der Waals surface area contributed by atoms with E-state index in [1.54, 1.807) is 0 Å². The van der Waals surface area contributed by atoms with Crippen LogP contribution in [0.3, 0.4) is 0 Å². The van der Waals surface area contributed by atoms with Gasteiger partial charge >= 0.3 is 0 Å². The zero-order valence-corrected chi connectivity index (χ0v) is 16.6. The molecule has 2 aromatic carbocycles. The van der Waals surface area contributed by atoms with Crippen LogP contribution < -0.4 is 5.32 Å². The quantitative estimate of drug-likeness (QED) is 0.780. The van der Waals surface area contributed by atoms with Crippen molar-refractivity contribution >= 4 is 38.8 Å². The summed E-state index contributed by atoms with van der Waals surface area (Å²) in [4.78, 5) is 24.1. The van der Waals surface area contributed by atoms with E-state index in [2.05, 4.69) is 5.32 Å². The molecule has 2 atom stereocenters. The van der Waals surface area contributed by atoms with Crippen molar-refractivity contribution in [1.82, 2.24) is 0 Å². The molecule has 3 aliphatic carbocycles. The lowest BCUT2D eigenvalue weighted by Gasteiger charge is -2.43. The molecule has 3 saturated carbocycles. The van der Waals surface area contributed by atoms with Crippen molar-refractivity contribution < 1.29 is 26.8 Å². The highest BCUT2D eigenvalue weighted by Gasteiger charge is 2.50. The smallest absolute Gasteiger partial charge is 0.255 e. The van der Waals surface area contributed by atoms with Gasteiger partial charge in [0.15, 0.2) is 21.5 Å². The monoisotopic (exact) mass is 439 g/mol. The summed E-state index contributed by atoms with van der Waals surface area (Å²) in [6.07, 6.45) is 1.26. The van der Waals surface area contributed by atoms with Crippen molar-refractivity contribution in [2.45, 2.75) is 29.4 Å². The normalized spacial score (nSPS) is 23.4. The molecule has 0 aromatic heterocycles. The number of hydrogen-bond acceptors (Lipinski definition) is 4. The number of nitrogens with one attached hydrogen (secondary N) is 1. The summed E-state index contributed by atoms with van der Waals surface area (Å²) in [6.45, 7) is 0. The van der Waals surface area contributed by atoms with Gasteiger partial charge in [0.25, 0.3) is 5.91 Å². The van der Waals surface area contributed by atoms with Crippen LogP contribution in [-0.4, -0.2) is 25.4 Å². The second-order valence-corrected chi connectivity index (χ2v) is 10.0. The molecule has 152 valence electrons. The lowest BCUT2D eigenvalue weighted by atomic mass is 9.64. The van der Waals surface area contributed by atoms with E-state index in [9.17, 15) is 26.8 Å². The molecule has 2 unspecified atom stereocenters. The molecule has 9 heteroatoms. The number of halogens is 3. The molecule has 1 N–H and O–H groups in total. The number of anilines is 1. The van der Waals surface area contributed by atoms with Crippen LogP contribution in [0.2, 0.25) is 5.02 Å². The summed E-state index contributed by atoms with van der Waals surface area (Å²) in [5.41, 5.74) is 0.0360. The van der Waals surface area contributed by atoms with Crippen molar-refractivity contribution in [1.29, 1.82) is 0 Å². The summed E-state index contributed by atoms with van der Waals surface area (Å²) in [5.74, 6) is -3.16. The first kappa shape index (κ1) is 20.0. The van der Waals surface area contributed by atoms with Gasteiger partial charge in [0.05, 0.1) is 15.2 Å². The molecular weight excluding hydrogens is 424 g/mol. The van der Waals surface area contributed by atoms with E-state index in [-0.39, 0.29) is 51.6 Å². The lowest BCUT2D eigenvalue weighted by Crippen LogP contribution is -2.48. The minimum atomic E-state index is -3.83. The number of Topliss-reactive ketones (excluding diaryl/α,β-unsaturated/α-hetero) is 1. The Morgan fingerprint density at radius 3 is 2.31 bits per heavy atom. The summed E-state index contributed by atoms with van der Waals surface area (Å²) in [6, 6.07) is 6.72. The van der Waals surface area contributed by atoms with Crippen LogP contribution in [0.25, 0.3) is 0 Å². The zero-order chi connectivity index (χ0) is 20.9. The van der Waals surface area contributed by atoms with Crippen LogP contribution in [-0.2, 0) is 14.6 Å². The van der Waals surface area contributed by atoms with Gasteiger partial charge in [0.1, 0.15) is 5.78 Å². The Morgan fingerprint density at radius 1 is 1.00 bits per heavy atom. The second kappa shape index (κ2) is 7.18. The lowest BCUT2D eigenvalue weighted by molar-refractivity contribution is -0.139. The van der Waals surface area contributed by atoms with Crippen LogP contribution >= 0.6 is 11.6 Å². The fourth-order valence-electron chi connectivity index (χ4n) is 3.98. The molecule has 0 heterocycles. The number of carbonyl (C=O) groups is 2. The molecule has 2 aromatic rings. The van der Waals surface area contributed by atoms with Gasteiger partial charge in [-0.2, -0.15) is 0 Å². The standard InChI is InChI=1S/C20H16ClF2NO4S/c21-15-3-1-10(20(26)24-13-2-4-16(22)17(23)9-13)8-18(15)29(27,28)14-6-11-5-12(7-14)19(11)25/h1-4,8-9,11-12,14H,5-7H2,(H,24,26). The predicted octanol–water partition coefficient (Wildman–Crippen LogP) is 4.01. The van der Waals surface area contributed by atoms with Crippen LogP contribution in [0.15, 0.2) is 41.3 Å². The number of amides is 1. The van der Waals surface area contributed by atoms with Gasteiger partial charge in [-0.25, -0.2) is 17.2 Å². The predicted molar refractivity (Wildman–Crippen MR) is 103 cm³/mol. The maximum Gasteiger partial charge on any atom is 0.255 e. The van der Waals surface area contributed by atoms with E-state index in [1.165, 1.54) is 24.3 Å². The van der Waals surface area contributed by atoms with Crippen LogP contribution in [0.1, 0.15) is 29.6 Å². The van der Waals surface area contributed by atoms with E-state index >= 15 is 0 Å². The highest BCUT2D eigenvalue weighted by atomic mass is 35.5. The summed E-state index contributed by atoms with van der Waals surface area (Å²) >= 11 is 6.11. The number of sulfone groups is 1. The van der Waals surface area contributed by atoms with Gasteiger partial charge in [-0.3, -0.25) is 9.59 Å². The SMILES string of the molecule is O=C(Nc1ccc(F)c(F)c1)c1ccc(Cl)c(S(=O)(=O)C2CC3CC(C2)C3=O)c1. The molecule has 5 rings (SSSR count). The zero-order valence-electron chi connectivity index (χ0n) is 15.0. The molecule has 2 bridgehead atoms. The highest BCUT2D eigenvalue weighted by Crippen LogP contribution is 2.46. The molecule has 0 aliphatic heterocycles. The first-order valence-electron chi connectivity index (χ1n) is 9.00. The van der Waals surface area contributed by atoms with E-state index in [1.807, 2.05) is 0 Å². The maximum atomic E-state index is 13.3. The summed E-state index contributed by atoms with van der Waals surface area (Å²) < 4.78 is 52.5. The number of fused-ring (bicyclic) bond motifs is 2. The topological polar surface area (TPSA) is 80.3 Å². The summed E-state index contributed by atoms with van der Waals surface area (Å²) in [5, 5.41) is 1.67. The number of hydrogen-bond donors (Lipinski definition) is 1. The fraction of sp³-hybridized carbons (Fsp3) is 0.300. The van der Waals surface area contributed by atoms with E-state index < -0.39 is 32.6 Å². The number of ketones is 1. The van der Waals surface area contributed by atoms with E-state index in [4.69, 9.17) is 11.6 Å². The molecule has 0 radical (unpaired) electrons. The number of benzene rings is 2. The number of carbonyl (C=O) groups excluding carboxylic acids is 2. The third-order valence-electron chi connectivity index (χ3n) is 5.58. The Balaban J connectivity index is 1.59. The Kier molecular flexibility index (Phi) is 4.94. The molecular formula is C20H16ClF2NO4S. The van der Waals surface area contributed by atoms with Gasteiger partial charge in [-0.15, -0.1) is 0 Å². The molecule has 1 amide bonds. The first-order chi connectivity index (χ1) is 13.7. The largest absolute Gasteiger partial charge is 0.322 e. The van der Waals surface area contributed by atoms with Crippen LogP contribution in [0.5, 0.6) is 0 Å². The molecule has 5 nitrogen and oxygen atoms in total. The molecule has 0 saturated heterocycles. The third kappa shape index (κ3) is 3.55. The van der Waals surface area contributed by atoms with Crippen LogP contribution in [0, 0.1) is 23.5 Å². The number of rotatable bonds is 4. The van der Waals surface area contributed by atoms with E-state index in [0.717, 1.165) is 18.6 Å². The Morgan fingerprint density at radius 2 is 1.69 bits per heavy atom. The third-order valence-corrected chi connectivity index (χ3v) is 8.24. The Bertz CT molecular complexity index is 1120. The first-order valence-corrected chi connectivity index (χ1v) is 10.9. The van der Waals surface area contributed by atoms with Gasteiger partial charge in [0.2, 0.25) is 0 Å². The second-order valence-electron chi connectivity index (χ2n) is 7.40. The fourth-order valence-corrected chi connectivity index (χ4v) is 6.38. The summed E-state index contributed by atoms with van der Waals surface area (Å²) in [7, 11) is -3.83. The van der Waals surface area contributed by atoms with Gasteiger partial charge in [-0.05, 0) is 49.6 Å². The average Bonchev–Trinajstić information content (AvgIpc) is 2.70.